The molecule has 0 atom stereocenters. The number of hydrogen-bond donors (Lipinski definition) is 1. The third-order valence-electron chi connectivity index (χ3n) is 3.19. The molecule has 3 aromatic rings. The molecule has 10 heteroatoms. The molecule has 0 bridgehead atoms. The quantitative estimate of drug-likeness (QED) is 0.788. The van der Waals surface area contributed by atoms with Crippen LogP contribution in [0.1, 0.15) is 11.5 Å². The van der Waals surface area contributed by atoms with Gasteiger partial charge in [0.25, 0.3) is 0 Å². The van der Waals surface area contributed by atoms with Gasteiger partial charge in [0.1, 0.15) is 18.0 Å². The zero-order chi connectivity index (χ0) is 17.2. The standard InChI is InChI=1S/C14H12F3N7/c1-24-12(20-8-21-24)7-19-11-6-10(14(15,16)17)22-13(23-11)9-2-4-18-5-3-9/h2-6,8H,7H2,1H3,(H,19,22,23). The van der Waals surface area contributed by atoms with Crippen LogP contribution < -0.4 is 5.32 Å². The maximum atomic E-state index is 13.1. The van der Waals surface area contributed by atoms with E-state index in [-0.39, 0.29) is 18.2 Å². The van der Waals surface area contributed by atoms with E-state index < -0.39 is 11.9 Å². The van der Waals surface area contributed by atoms with Gasteiger partial charge in [-0.1, -0.05) is 0 Å². The van der Waals surface area contributed by atoms with Crippen molar-refractivity contribution < 1.29 is 13.2 Å². The van der Waals surface area contributed by atoms with E-state index in [0.29, 0.717) is 11.4 Å². The van der Waals surface area contributed by atoms with Crippen LogP contribution in [0.3, 0.4) is 0 Å². The lowest BCUT2D eigenvalue weighted by molar-refractivity contribution is -0.141. The molecule has 0 fully saturated rings. The topological polar surface area (TPSA) is 81.4 Å². The molecule has 0 spiro atoms. The Kier molecular flexibility index (Phi) is 4.11. The largest absolute Gasteiger partial charge is 0.433 e. The molecule has 0 saturated heterocycles. The van der Waals surface area contributed by atoms with Crippen molar-refractivity contribution in [2.24, 2.45) is 7.05 Å². The third kappa shape index (κ3) is 3.47. The maximum absolute atomic E-state index is 13.1. The molecule has 0 amide bonds. The second kappa shape index (κ2) is 6.22. The molecular formula is C14H12F3N7. The number of aromatic nitrogens is 6. The van der Waals surface area contributed by atoms with E-state index in [1.165, 1.54) is 23.4 Å². The fraction of sp³-hybridized carbons (Fsp3) is 0.214. The van der Waals surface area contributed by atoms with Gasteiger partial charge in [-0.2, -0.15) is 18.3 Å². The summed E-state index contributed by atoms with van der Waals surface area (Å²) in [4.78, 5) is 15.6. The fourth-order valence-corrected chi connectivity index (χ4v) is 1.96. The number of nitrogens with zero attached hydrogens (tertiary/aromatic N) is 6. The molecule has 0 saturated carbocycles. The van der Waals surface area contributed by atoms with E-state index >= 15 is 0 Å². The molecule has 0 radical (unpaired) electrons. The van der Waals surface area contributed by atoms with Crippen molar-refractivity contribution in [1.82, 2.24) is 29.7 Å². The number of hydrogen-bond acceptors (Lipinski definition) is 6. The Morgan fingerprint density at radius 1 is 1.17 bits per heavy atom. The average molecular weight is 335 g/mol. The van der Waals surface area contributed by atoms with Gasteiger partial charge in [0.15, 0.2) is 11.5 Å². The average Bonchev–Trinajstić information content (AvgIpc) is 2.98. The molecule has 3 heterocycles. The second-order valence-corrected chi connectivity index (χ2v) is 4.85. The van der Waals surface area contributed by atoms with Gasteiger partial charge in [0.05, 0.1) is 6.54 Å². The van der Waals surface area contributed by atoms with Gasteiger partial charge in [-0.25, -0.2) is 15.0 Å². The number of halogens is 3. The minimum absolute atomic E-state index is 0.0345. The van der Waals surface area contributed by atoms with E-state index in [0.717, 1.165) is 6.07 Å². The summed E-state index contributed by atoms with van der Waals surface area (Å²) in [7, 11) is 1.69. The molecule has 0 aliphatic heterocycles. The van der Waals surface area contributed by atoms with Gasteiger partial charge < -0.3 is 5.32 Å². The van der Waals surface area contributed by atoms with Crippen LogP contribution in [0.2, 0.25) is 0 Å². The van der Waals surface area contributed by atoms with Gasteiger partial charge in [0, 0.05) is 31.1 Å². The third-order valence-corrected chi connectivity index (χ3v) is 3.19. The Balaban J connectivity index is 1.94. The first-order valence-corrected chi connectivity index (χ1v) is 6.87. The van der Waals surface area contributed by atoms with E-state index in [4.69, 9.17) is 0 Å². The first-order chi connectivity index (χ1) is 11.4. The first kappa shape index (κ1) is 15.8. The monoisotopic (exact) mass is 335 g/mol. The molecular weight excluding hydrogens is 323 g/mol. The summed E-state index contributed by atoms with van der Waals surface area (Å²) in [5.74, 6) is 0.576. The molecule has 7 nitrogen and oxygen atoms in total. The molecule has 0 aromatic carbocycles. The molecule has 3 rings (SSSR count). The van der Waals surface area contributed by atoms with Crippen LogP contribution in [0.15, 0.2) is 36.9 Å². The van der Waals surface area contributed by atoms with Crippen LogP contribution in [0.25, 0.3) is 11.4 Å². The highest BCUT2D eigenvalue weighted by atomic mass is 19.4. The van der Waals surface area contributed by atoms with Crippen molar-refractivity contribution in [2.45, 2.75) is 12.7 Å². The van der Waals surface area contributed by atoms with Crippen LogP contribution >= 0.6 is 0 Å². The Hall–Kier alpha value is -3.04. The summed E-state index contributed by atoms with van der Waals surface area (Å²) in [5.41, 5.74) is -0.581. The SMILES string of the molecule is Cn1ncnc1CNc1cc(C(F)(F)F)nc(-c2ccncc2)n1. The predicted molar refractivity (Wildman–Crippen MR) is 78.6 cm³/mol. The summed E-state index contributed by atoms with van der Waals surface area (Å²) < 4.78 is 40.8. The van der Waals surface area contributed by atoms with Gasteiger partial charge in [-0.15, -0.1) is 0 Å². The molecule has 0 aliphatic carbocycles. The fourth-order valence-electron chi connectivity index (χ4n) is 1.96. The number of anilines is 1. The molecule has 3 aromatic heterocycles. The normalized spacial score (nSPS) is 11.5. The highest BCUT2D eigenvalue weighted by Gasteiger charge is 2.33. The molecule has 24 heavy (non-hydrogen) atoms. The van der Waals surface area contributed by atoms with Crippen LogP contribution in [0.4, 0.5) is 19.0 Å². The van der Waals surface area contributed by atoms with E-state index in [1.54, 1.807) is 19.2 Å². The lowest BCUT2D eigenvalue weighted by atomic mass is 10.2. The summed E-state index contributed by atoms with van der Waals surface area (Å²) in [6, 6.07) is 3.95. The molecule has 0 aliphatic rings. The summed E-state index contributed by atoms with van der Waals surface area (Å²) in [6.07, 6.45) is -0.288. The Morgan fingerprint density at radius 3 is 2.54 bits per heavy atom. The van der Waals surface area contributed by atoms with Gasteiger partial charge in [0.2, 0.25) is 0 Å². The highest BCUT2D eigenvalue weighted by molar-refractivity contribution is 5.57. The van der Waals surface area contributed by atoms with E-state index in [9.17, 15) is 13.2 Å². The van der Waals surface area contributed by atoms with Crippen molar-refractivity contribution in [2.75, 3.05) is 5.32 Å². The van der Waals surface area contributed by atoms with Crippen molar-refractivity contribution >= 4 is 5.82 Å². The Labute approximate surface area is 134 Å². The van der Waals surface area contributed by atoms with Crippen molar-refractivity contribution in [1.29, 1.82) is 0 Å². The zero-order valence-corrected chi connectivity index (χ0v) is 12.5. The van der Waals surface area contributed by atoms with Crippen LogP contribution in [-0.2, 0) is 19.8 Å². The number of nitrogens with one attached hydrogen (secondary N) is 1. The van der Waals surface area contributed by atoms with Crippen molar-refractivity contribution in [3.05, 3.63) is 48.4 Å². The smallest absolute Gasteiger partial charge is 0.363 e. The first-order valence-electron chi connectivity index (χ1n) is 6.87. The Bertz CT molecular complexity index is 830. The summed E-state index contributed by atoms with van der Waals surface area (Å²) >= 11 is 0. The van der Waals surface area contributed by atoms with Crippen LogP contribution in [0, 0.1) is 0 Å². The number of pyridine rings is 1. The van der Waals surface area contributed by atoms with Crippen molar-refractivity contribution in [3.63, 3.8) is 0 Å². The minimum atomic E-state index is -4.58. The minimum Gasteiger partial charge on any atom is -0.363 e. The highest BCUT2D eigenvalue weighted by Crippen LogP contribution is 2.30. The predicted octanol–water partition coefficient (Wildman–Crippen LogP) is 2.30. The maximum Gasteiger partial charge on any atom is 0.433 e. The Morgan fingerprint density at radius 2 is 1.92 bits per heavy atom. The van der Waals surface area contributed by atoms with Crippen LogP contribution in [-0.4, -0.2) is 29.7 Å². The van der Waals surface area contributed by atoms with Gasteiger partial charge >= 0.3 is 6.18 Å². The lowest BCUT2D eigenvalue weighted by Crippen LogP contribution is -2.13. The number of aryl methyl sites for hydroxylation is 1. The molecule has 1 N–H and O–H groups in total. The van der Waals surface area contributed by atoms with Gasteiger partial charge in [-0.05, 0) is 12.1 Å². The second-order valence-electron chi connectivity index (χ2n) is 4.85. The molecule has 0 unspecified atom stereocenters. The van der Waals surface area contributed by atoms with E-state index in [1.807, 2.05) is 0 Å². The van der Waals surface area contributed by atoms with Gasteiger partial charge in [-0.3, -0.25) is 9.67 Å². The van der Waals surface area contributed by atoms with E-state index in [2.05, 4.69) is 30.4 Å². The molecule has 124 valence electrons. The van der Waals surface area contributed by atoms with Crippen LogP contribution in [0.5, 0.6) is 0 Å². The summed E-state index contributed by atoms with van der Waals surface area (Å²) in [5, 5.41) is 6.72. The zero-order valence-electron chi connectivity index (χ0n) is 12.5. The number of rotatable bonds is 4. The lowest BCUT2D eigenvalue weighted by Gasteiger charge is -2.11. The number of alkyl halides is 3. The van der Waals surface area contributed by atoms with Crippen molar-refractivity contribution in [3.8, 4) is 11.4 Å². The summed E-state index contributed by atoms with van der Waals surface area (Å²) in [6.45, 7) is 0.181.